The predicted octanol–water partition coefficient (Wildman–Crippen LogP) is 5.45. The highest BCUT2D eigenvalue weighted by Gasteiger charge is 2.40. The van der Waals surface area contributed by atoms with Crippen molar-refractivity contribution in [3.63, 3.8) is 0 Å². The number of rotatable bonds is 5. The van der Waals surface area contributed by atoms with E-state index in [1.54, 1.807) is 19.9 Å². The van der Waals surface area contributed by atoms with Crippen molar-refractivity contribution in [1.29, 1.82) is 0 Å². The van der Waals surface area contributed by atoms with E-state index >= 15 is 0 Å². The highest BCUT2D eigenvalue weighted by atomic mass is 35.5. The van der Waals surface area contributed by atoms with Crippen LogP contribution in [0.3, 0.4) is 0 Å². The van der Waals surface area contributed by atoms with Gasteiger partial charge in [0.2, 0.25) is 0 Å². The van der Waals surface area contributed by atoms with Crippen LogP contribution in [0.4, 0.5) is 13.2 Å². The summed E-state index contributed by atoms with van der Waals surface area (Å²) in [5.74, 6) is 0. The molecule has 1 aliphatic rings. The van der Waals surface area contributed by atoms with E-state index in [1.807, 2.05) is 12.1 Å². The second-order valence-corrected chi connectivity index (χ2v) is 6.46. The molecule has 0 radical (unpaired) electrons. The summed E-state index contributed by atoms with van der Waals surface area (Å²) in [6.45, 7) is 3.41. The maximum absolute atomic E-state index is 12.9. The summed E-state index contributed by atoms with van der Waals surface area (Å²) in [5, 5.41) is 0.524. The fourth-order valence-electron chi connectivity index (χ4n) is 2.29. The van der Waals surface area contributed by atoms with Crippen LogP contribution in [0.25, 0.3) is 5.57 Å². The van der Waals surface area contributed by atoms with Gasteiger partial charge in [0.05, 0.1) is 0 Å². The molecule has 126 valence electrons. The third-order valence-corrected chi connectivity index (χ3v) is 4.16. The second kappa shape index (κ2) is 6.65. The summed E-state index contributed by atoms with van der Waals surface area (Å²) in [5.41, 5.74) is 7.34. The van der Waals surface area contributed by atoms with Gasteiger partial charge in [-0.3, -0.25) is 4.99 Å². The Kier molecular flexibility index (Phi) is 5.21. The van der Waals surface area contributed by atoms with Gasteiger partial charge in [0.1, 0.15) is 5.71 Å². The monoisotopic (exact) mass is 344 g/mol. The molecule has 0 saturated heterocycles. The van der Waals surface area contributed by atoms with Crippen molar-refractivity contribution >= 4 is 22.9 Å². The lowest BCUT2D eigenvalue weighted by molar-refractivity contribution is -0.0605. The molecular formula is C17H20ClF3N2. The van der Waals surface area contributed by atoms with Crippen LogP contribution < -0.4 is 5.73 Å². The van der Waals surface area contributed by atoms with E-state index in [4.69, 9.17) is 17.3 Å². The molecule has 1 aliphatic carbocycles. The predicted molar refractivity (Wildman–Crippen MR) is 88.6 cm³/mol. The van der Waals surface area contributed by atoms with Crippen LogP contribution in [-0.2, 0) is 5.54 Å². The lowest BCUT2D eigenvalue weighted by atomic mass is 9.99. The summed E-state index contributed by atoms with van der Waals surface area (Å²) in [6, 6.07) is 5.41. The molecule has 23 heavy (non-hydrogen) atoms. The van der Waals surface area contributed by atoms with Crippen LogP contribution in [0.1, 0.15) is 50.7 Å². The second-order valence-electron chi connectivity index (χ2n) is 6.02. The molecule has 2 rings (SSSR count). The number of aliphatic imine (C=N–C) groups is 1. The van der Waals surface area contributed by atoms with E-state index < -0.39 is 11.9 Å². The Morgan fingerprint density at radius 1 is 1.35 bits per heavy atom. The number of hydrogen-bond acceptors (Lipinski definition) is 2. The van der Waals surface area contributed by atoms with Crippen LogP contribution in [0.15, 0.2) is 29.4 Å². The Hall–Kier alpha value is -1.33. The number of alkyl halides is 3. The number of benzene rings is 1. The normalized spacial score (nSPS) is 18.2. The Labute approximate surface area is 139 Å². The van der Waals surface area contributed by atoms with Gasteiger partial charge in [0, 0.05) is 16.8 Å². The standard InChI is InChI=1S/C17H20ClF3N2/c1-3-4-15(17(19,20)21)23-10-11(2)12-7-13(9-14(18)8-12)16(22)5-6-16/h7-10H,3-6,22H2,1-2H3/b11-10+,23-15?. The number of nitrogens with zero attached hydrogens (tertiary/aromatic N) is 1. The number of allylic oxidation sites excluding steroid dienone is 1. The Bertz CT molecular complexity index is 644. The maximum atomic E-state index is 12.9. The van der Waals surface area contributed by atoms with Crippen molar-refractivity contribution in [2.45, 2.75) is 51.2 Å². The average Bonchev–Trinajstić information content (AvgIpc) is 3.20. The minimum atomic E-state index is -4.40. The summed E-state index contributed by atoms with van der Waals surface area (Å²) in [6.07, 6.45) is -1.07. The summed E-state index contributed by atoms with van der Waals surface area (Å²) in [7, 11) is 0. The van der Waals surface area contributed by atoms with Crippen molar-refractivity contribution < 1.29 is 13.2 Å². The molecule has 1 aromatic rings. The van der Waals surface area contributed by atoms with Crippen LogP contribution in [-0.4, -0.2) is 11.9 Å². The van der Waals surface area contributed by atoms with E-state index in [9.17, 15) is 13.2 Å². The molecule has 0 spiro atoms. The van der Waals surface area contributed by atoms with Crippen LogP contribution >= 0.6 is 11.6 Å². The highest BCUT2D eigenvalue weighted by Crippen LogP contribution is 2.44. The van der Waals surface area contributed by atoms with Crippen molar-refractivity contribution in [3.05, 3.63) is 40.5 Å². The van der Waals surface area contributed by atoms with Gasteiger partial charge >= 0.3 is 6.18 Å². The molecule has 2 N–H and O–H groups in total. The minimum absolute atomic E-state index is 0.0972. The van der Waals surface area contributed by atoms with Crippen LogP contribution in [0.2, 0.25) is 5.02 Å². The van der Waals surface area contributed by atoms with Gasteiger partial charge in [-0.1, -0.05) is 24.9 Å². The van der Waals surface area contributed by atoms with Gasteiger partial charge in [0.15, 0.2) is 0 Å². The molecule has 0 atom stereocenters. The molecule has 6 heteroatoms. The molecule has 0 aliphatic heterocycles. The van der Waals surface area contributed by atoms with E-state index in [2.05, 4.69) is 4.99 Å². The average molecular weight is 345 g/mol. The molecule has 1 saturated carbocycles. The van der Waals surface area contributed by atoms with Crippen molar-refractivity contribution in [3.8, 4) is 0 Å². The Morgan fingerprint density at radius 2 is 2.00 bits per heavy atom. The fraction of sp³-hybridized carbons (Fsp3) is 0.471. The molecular weight excluding hydrogens is 325 g/mol. The first-order valence-electron chi connectivity index (χ1n) is 7.56. The Balaban J connectivity index is 2.32. The largest absolute Gasteiger partial charge is 0.429 e. The maximum Gasteiger partial charge on any atom is 0.429 e. The SMILES string of the molecule is CCCC(=N/C=C(\C)c1cc(Cl)cc(C2(N)CC2)c1)C(F)(F)F. The molecule has 0 unspecified atom stereocenters. The van der Waals surface area contributed by atoms with Crippen LogP contribution in [0.5, 0.6) is 0 Å². The molecule has 0 heterocycles. The summed E-state index contributed by atoms with van der Waals surface area (Å²) < 4.78 is 38.6. The lowest BCUT2D eigenvalue weighted by Crippen LogP contribution is -2.22. The van der Waals surface area contributed by atoms with E-state index in [0.29, 0.717) is 17.0 Å². The van der Waals surface area contributed by atoms with Gasteiger partial charge < -0.3 is 5.73 Å². The lowest BCUT2D eigenvalue weighted by Gasteiger charge is -2.12. The minimum Gasteiger partial charge on any atom is -0.321 e. The molecule has 1 fully saturated rings. The summed E-state index contributed by atoms with van der Waals surface area (Å²) in [4.78, 5) is 3.65. The Morgan fingerprint density at radius 3 is 2.52 bits per heavy atom. The molecule has 2 nitrogen and oxygen atoms in total. The van der Waals surface area contributed by atoms with Gasteiger partial charge in [-0.15, -0.1) is 0 Å². The first-order chi connectivity index (χ1) is 10.7. The third kappa shape index (κ3) is 4.58. The number of nitrogens with two attached hydrogens (primary N) is 1. The molecule has 1 aromatic carbocycles. The highest BCUT2D eigenvalue weighted by molar-refractivity contribution is 6.30. The van der Waals surface area contributed by atoms with Gasteiger partial charge in [0.25, 0.3) is 0 Å². The van der Waals surface area contributed by atoms with Crippen molar-refractivity contribution in [2.24, 2.45) is 10.7 Å². The zero-order valence-corrected chi connectivity index (χ0v) is 13.9. The molecule has 0 amide bonds. The summed E-state index contributed by atoms with van der Waals surface area (Å²) >= 11 is 6.11. The first-order valence-corrected chi connectivity index (χ1v) is 7.94. The fourth-order valence-corrected chi connectivity index (χ4v) is 2.53. The molecule has 0 bridgehead atoms. The van der Waals surface area contributed by atoms with Gasteiger partial charge in [-0.25, -0.2) is 0 Å². The number of hydrogen-bond donors (Lipinski definition) is 1. The van der Waals surface area contributed by atoms with Gasteiger partial charge in [-0.2, -0.15) is 13.2 Å². The number of halogens is 4. The molecule has 0 aromatic heterocycles. The van der Waals surface area contributed by atoms with Crippen molar-refractivity contribution in [2.75, 3.05) is 0 Å². The van der Waals surface area contributed by atoms with E-state index in [-0.39, 0.29) is 12.0 Å². The quantitative estimate of drug-likeness (QED) is 0.708. The zero-order chi connectivity index (χ0) is 17.3. The topological polar surface area (TPSA) is 38.4 Å². The zero-order valence-electron chi connectivity index (χ0n) is 13.2. The van der Waals surface area contributed by atoms with Crippen molar-refractivity contribution in [1.82, 2.24) is 0 Å². The third-order valence-electron chi connectivity index (χ3n) is 3.94. The van der Waals surface area contributed by atoms with Crippen LogP contribution in [0, 0.1) is 0 Å². The van der Waals surface area contributed by atoms with E-state index in [0.717, 1.165) is 24.0 Å². The van der Waals surface area contributed by atoms with E-state index in [1.165, 1.54) is 6.20 Å². The van der Waals surface area contributed by atoms with Gasteiger partial charge in [-0.05, 0) is 61.1 Å². The first kappa shape index (κ1) is 18.0. The smallest absolute Gasteiger partial charge is 0.321 e.